The number of rotatable bonds is 4. The molecule has 1 amide bonds. The van der Waals surface area contributed by atoms with Gasteiger partial charge in [-0.3, -0.25) is 4.79 Å². The van der Waals surface area contributed by atoms with Gasteiger partial charge >= 0.3 is 0 Å². The van der Waals surface area contributed by atoms with Crippen molar-refractivity contribution in [2.45, 2.75) is 26.2 Å². The van der Waals surface area contributed by atoms with Crippen molar-refractivity contribution in [2.75, 3.05) is 5.32 Å². The minimum Gasteiger partial charge on any atom is -0.426 e. The fourth-order valence-corrected chi connectivity index (χ4v) is 1.30. The molecule has 0 saturated carbocycles. The maximum Gasteiger partial charge on any atom is 0.225 e. The molecule has 0 radical (unpaired) electrons. The predicted octanol–water partition coefficient (Wildman–Crippen LogP) is 2.58. The molecule has 1 aromatic heterocycles. The summed E-state index contributed by atoms with van der Waals surface area (Å²) in [6.07, 6.45) is 2.26. The standard InChI is InChI=1S/C10H14N2O2S/c1-2-3-6-9(13)11-8-5-4-7-10(15)12(8)14/h4-5,7,14H,2-3,6H2,1H3,(H,11,13). The van der Waals surface area contributed by atoms with Crippen LogP contribution in [-0.2, 0) is 4.79 Å². The van der Waals surface area contributed by atoms with Gasteiger partial charge in [0.15, 0.2) is 0 Å². The minimum atomic E-state index is -0.111. The number of pyridine rings is 1. The van der Waals surface area contributed by atoms with E-state index in [0.29, 0.717) is 12.2 Å². The topological polar surface area (TPSA) is 54.3 Å². The van der Waals surface area contributed by atoms with Gasteiger partial charge in [0.1, 0.15) is 10.5 Å². The van der Waals surface area contributed by atoms with E-state index in [1.165, 1.54) is 0 Å². The molecule has 0 saturated heterocycles. The molecule has 0 aromatic carbocycles. The van der Waals surface area contributed by atoms with Crippen LogP contribution in [0.25, 0.3) is 0 Å². The highest BCUT2D eigenvalue weighted by Crippen LogP contribution is 2.07. The Morgan fingerprint density at radius 3 is 3.00 bits per heavy atom. The maximum atomic E-state index is 11.4. The van der Waals surface area contributed by atoms with Crippen LogP contribution in [0, 0.1) is 4.64 Å². The van der Waals surface area contributed by atoms with Gasteiger partial charge in [-0.1, -0.05) is 31.6 Å². The van der Waals surface area contributed by atoms with E-state index in [9.17, 15) is 10.0 Å². The number of anilines is 1. The van der Waals surface area contributed by atoms with Gasteiger partial charge in [0.25, 0.3) is 0 Å². The van der Waals surface area contributed by atoms with Gasteiger partial charge in [-0.25, -0.2) is 0 Å². The highest BCUT2D eigenvalue weighted by Gasteiger charge is 2.04. The van der Waals surface area contributed by atoms with Gasteiger partial charge in [0.05, 0.1) is 0 Å². The number of carbonyl (C=O) groups is 1. The Hall–Kier alpha value is -1.36. The quantitative estimate of drug-likeness (QED) is 0.613. The Morgan fingerprint density at radius 2 is 2.33 bits per heavy atom. The van der Waals surface area contributed by atoms with Crippen molar-refractivity contribution >= 4 is 23.9 Å². The molecule has 1 aromatic rings. The molecule has 5 heteroatoms. The molecule has 0 fully saturated rings. The van der Waals surface area contributed by atoms with Crippen LogP contribution in [0.1, 0.15) is 26.2 Å². The lowest BCUT2D eigenvalue weighted by Gasteiger charge is -2.08. The van der Waals surface area contributed by atoms with Crippen molar-refractivity contribution < 1.29 is 10.0 Å². The monoisotopic (exact) mass is 226 g/mol. The van der Waals surface area contributed by atoms with Crippen molar-refractivity contribution in [3.8, 4) is 0 Å². The smallest absolute Gasteiger partial charge is 0.225 e. The van der Waals surface area contributed by atoms with E-state index in [2.05, 4.69) is 5.32 Å². The number of carbonyl (C=O) groups excluding carboxylic acids is 1. The number of aromatic nitrogens is 1. The third-order valence-electron chi connectivity index (χ3n) is 1.95. The van der Waals surface area contributed by atoms with Gasteiger partial charge in [0, 0.05) is 6.42 Å². The highest BCUT2D eigenvalue weighted by atomic mass is 32.1. The molecule has 15 heavy (non-hydrogen) atoms. The second-order valence-electron chi connectivity index (χ2n) is 3.21. The van der Waals surface area contributed by atoms with Crippen LogP contribution in [0.2, 0.25) is 0 Å². The fourth-order valence-electron chi connectivity index (χ4n) is 1.12. The number of unbranched alkanes of at least 4 members (excludes halogenated alkanes) is 1. The van der Waals surface area contributed by atoms with Gasteiger partial charge < -0.3 is 10.5 Å². The lowest BCUT2D eigenvalue weighted by Crippen LogP contribution is -2.15. The molecule has 0 unspecified atom stereocenters. The first-order valence-electron chi connectivity index (χ1n) is 4.86. The molecule has 4 nitrogen and oxygen atoms in total. The number of nitrogens with one attached hydrogen (secondary N) is 1. The molecule has 2 N–H and O–H groups in total. The van der Waals surface area contributed by atoms with Gasteiger partial charge in [-0.15, -0.1) is 0 Å². The summed E-state index contributed by atoms with van der Waals surface area (Å²) in [6.45, 7) is 2.02. The molecule has 0 aliphatic heterocycles. The highest BCUT2D eigenvalue weighted by molar-refractivity contribution is 7.71. The Morgan fingerprint density at radius 1 is 1.60 bits per heavy atom. The van der Waals surface area contributed by atoms with E-state index in [4.69, 9.17) is 12.2 Å². The number of hydrogen-bond donors (Lipinski definition) is 2. The van der Waals surface area contributed by atoms with Crippen molar-refractivity contribution in [1.82, 2.24) is 4.73 Å². The zero-order valence-corrected chi connectivity index (χ0v) is 9.38. The predicted molar refractivity (Wildman–Crippen MR) is 60.6 cm³/mol. The Kier molecular flexibility index (Phi) is 4.30. The zero-order valence-electron chi connectivity index (χ0n) is 8.56. The first-order valence-corrected chi connectivity index (χ1v) is 5.27. The summed E-state index contributed by atoms with van der Waals surface area (Å²) in [6, 6.07) is 4.86. The van der Waals surface area contributed by atoms with Crippen molar-refractivity contribution in [3.63, 3.8) is 0 Å². The SMILES string of the molecule is CCCCC(=O)Nc1cccc(=S)n1O. The molecule has 0 bridgehead atoms. The van der Waals surface area contributed by atoms with E-state index in [0.717, 1.165) is 17.6 Å². The normalized spacial score (nSPS) is 9.93. The van der Waals surface area contributed by atoms with Gasteiger partial charge in [-0.05, 0) is 18.6 Å². The van der Waals surface area contributed by atoms with Crippen molar-refractivity contribution in [3.05, 3.63) is 22.8 Å². The van der Waals surface area contributed by atoms with Crippen LogP contribution < -0.4 is 5.32 Å². The third-order valence-corrected chi connectivity index (χ3v) is 2.26. The van der Waals surface area contributed by atoms with E-state index >= 15 is 0 Å². The number of amides is 1. The van der Waals surface area contributed by atoms with Crippen molar-refractivity contribution in [2.24, 2.45) is 0 Å². The van der Waals surface area contributed by atoms with Gasteiger partial charge in [0.2, 0.25) is 5.91 Å². The lowest BCUT2D eigenvalue weighted by molar-refractivity contribution is -0.116. The summed E-state index contributed by atoms with van der Waals surface area (Å²) in [5.41, 5.74) is 0. The van der Waals surface area contributed by atoms with Crippen LogP contribution in [0.3, 0.4) is 0 Å². The summed E-state index contributed by atoms with van der Waals surface area (Å²) in [7, 11) is 0. The molecule has 0 spiro atoms. The van der Waals surface area contributed by atoms with E-state index in [-0.39, 0.29) is 10.5 Å². The van der Waals surface area contributed by atoms with Crippen LogP contribution >= 0.6 is 12.2 Å². The molecule has 0 aliphatic carbocycles. The molecular weight excluding hydrogens is 212 g/mol. The molecule has 82 valence electrons. The van der Waals surface area contributed by atoms with Gasteiger partial charge in [-0.2, -0.15) is 4.73 Å². The van der Waals surface area contributed by atoms with E-state index < -0.39 is 0 Å². The first kappa shape index (κ1) is 11.7. The van der Waals surface area contributed by atoms with Crippen LogP contribution in [0.4, 0.5) is 5.82 Å². The molecular formula is C10H14N2O2S. The largest absolute Gasteiger partial charge is 0.426 e. The maximum absolute atomic E-state index is 11.4. The minimum absolute atomic E-state index is 0.111. The fraction of sp³-hybridized carbons (Fsp3) is 0.400. The van der Waals surface area contributed by atoms with Crippen LogP contribution in [-0.4, -0.2) is 15.8 Å². The van der Waals surface area contributed by atoms with E-state index in [1.807, 2.05) is 6.92 Å². The zero-order chi connectivity index (χ0) is 11.3. The second-order valence-corrected chi connectivity index (χ2v) is 3.63. The Labute approximate surface area is 93.5 Å². The summed E-state index contributed by atoms with van der Waals surface area (Å²) < 4.78 is 1.06. The van der Waals surface area contributed by atoms with Crippen LogP contribution in [0.15, 0.2) is 18.2 Å². The van der Waals surface area contributed by atoms with E-state index in [1.54, 1.807) is 18.2 Å². The molecule has 0 aliphatic rings. The Bertz CT molecular complexity index is 401. The Balaban J connectivity index is 2.68. The first-order chi connectivity index (χ1) is 7.15. The summed E-state index contributed by atoms with van der Waals surface area (Å²) >= 11 is 4.84. The lowest BCUT2D eigenvalue weighted by atomic mass is 10.2. The average Bonchev–Trinajstić information content (AvgIpc) is 2.22. The molecule has 1 rings (SSSR count). The molecule has 0 atom stereocenters. The molecule has 1 heterocycles. The van der Waals surface area contributed by atoms with Crippen molar-refractivity contribution in [1.29, 1.82) is 0 Å². The summed E-state index contributed by atoms with van der Waals surface area (Å²) in [5.74, 6) is 0.198. The number of nitrogens with zero attached hydrogens (tertiary/aromatic N) is 1. The summed E-state index contributed by atoms with van der Waals surface area (Å²) in [5, 5.41) is 12.1. The third kappa shape index (κ3) is 3.36. The average molecular weight is 226 g/mol. The van der Waals surface area contributed by atoms with Crippen LogP contribution in [0.5, 0.6) is 0 Å². The summed E-state index contributed by atoms with van der Waals surface area (Å²) in [4.78, 5) is 11.4. The second kappa shape index (κ2) is 5.50. The number of hydrogen-bond acceptors (Lipinski definition) is 3.